The van der Waals surface area contributed by atoms with E-state index >= 15 is 0 Å². The highest BCUT2D eigenvalue weighted by Crippen LogP contribution is 2.36. The molecule has 2 atom stereocenters. The predicted molar refractivity (Wildman–Crippen MR) is 52.2 cm³/mol. The third kappa shape index (κ3) is 1.82. The molecule has 2 fully saturated rings. The van der Waals surface area contributed by atoms with Crippen LogP contribution in [0.5, 0.6) is 0 Å². The molecule has 0 radical (unpaired) electrons. The zero-order valence-corrected chi connectivity index (χ0v) is 8.26. The molecular formula is C11H21N. The van der Waals surface area contributed by atoms with Crippen LogP contribution in [0, 0.1) is 11.8 Å². The van der Waals surface area contributed by atoms with Crippen LogP contribution in [-0.4, -0.2) is 24.5 Å². The molecule has 1 heterocycles. The molecule has 1 nitrogen and oxygen atoms in total. The Morgan fingerprint density at radius 3 is 2.42 bits per heavy atom. The van der Waals surface area contributed by atoms with Gasteiger partial charge in [0.25, 0.3) is 0 Å². The first-order valence-electron chi connectivity index (χ1n) is 5.61. The van der Waals surface area contributed by atoms with Gasteiger partial charge in [-0.15, -0.1) is 0 Å². The zero-order valence-electron chi connectivity index (χ0n) is 8.26. The maximum atomic E-state index is 2.70. The molecule has 2 aliphatic rings. The molecule has 70 valence electrons. The third-order valence-corrected chi connectivity index (χ3v) is 3.51. The Morgan fingerprint density at radius 2 is 1.83 bits per heavy atom. The molecule has 2 unspecified atom stereocenters. The van der Waals surface area contributed by atoms with Gasteiger partial charge in [0.15, 0.2) is 0 Å². The molecule has 1 aliphatic heterocycles. The van der Waals surface area contributed by atoms with Gasteiger partial charge >= 0.3 is 0 Å². The van der Waals surface area contributed by atoms with Gasteiger partial charge in [0.1, 0.15) is 0 Å². The molecule has 0 spiro atoms. The van der Waals surface area contributed by atoms with E-state index in [1.807, 2.05) is 0 Å². The quantitative estimate of drug-likeness (QED) is 0.624. The van der Waals surface area contributed by atoms with E-state index in [0.29, 0.717) is 0 Å². The first-order chi connectivity index (χ1) is 5.88. The van der Waals surface area contributed by atoms with Gasteiger partial charge in [0, 0.05) is 13.1 Å². The fourth-order valence-electron chi connectivity index (χ4n) is 2.88. The molecule has 1 saturated heterocycles. The van der Waals surface area contributed by atoms with E-state index in [4.69, 9.17) is 0 Å². The number of fused-ring (bicyclic) bond motifs is 2. The first-order valence-corrected chi connectivity index (χ1v) is 5.61. The second-order valence-corrected chi connectivity index (χ2v) is 4.66. The van der Waals surface area contributed by atoms with E-state index in [9.17, 15) is 0 Å². The first kappa shape index (κ1) is 8.55. The molecule has 0 aromatic rings. The molecule has 2 bridgehead atoms. The van der Waals surface area contributed by atoms with Crippen molar-refractivity contribution in [1.82, 2.24) is 4.90 Å². The van der Waals surface area contributed by atoms with Crippen molar-refractivity contribution in [3.05, 3.63) is 0 Å². The van der Waals surface area contributed by atoms with E-state index < -0.39 is 0 Å². The maximum absolute atomic E-state index is 2.70. The highest BCUT2D eigenvalue weighted by molar-refractivity contribution is 4.85. The fraction of sp³-hybridized carbons (Fsp3) is 1.00. The summed E-state index contributed by atoms with van der Waals surface area (Å²) in [6.45, 7) is 6.48. The molecule has 0 aromatic carbocycles. The standard InChI is InChI=1S/C11H21N/c1-2-3-6-12-8-10-4-5-11(7-10)9-12/h10-11H,2-9H2,1H3. The summed E-state index contributed by atoms with van der Waals surface area (Å²) < 4.78 is 0. The Labute approximate surface area is 76.1 Å². The number of unbranched alkanes of at least 4 members (excludes halogenated alkanes) is 1. The lowest BCUT2D eigenvalue weighted by Gasteiger charge is -2.31. The number of rotatable bonds is 3. The van der Waals surface area contributed by atoms with E-state index in [0.717, 1.165) is 11.8 Å². The second-order valence-electron chi connectivity index (χ2n) is 4.66. The summed E-state index contributed by atoms with van der Waals surface area (Å²) in [6, 6.07) is 0. The Hall–Kier alpha value is -0.0400. The molecule has 1 saturated carbocycles. The molecule has 0 N–H and O–H groups in total. The fourth-order valence-corrected chi connectivity index (χ4v) is 2.88. The number of hydrogen-bond donors (Lipinski definition) is 0. The van der Waals surface area contributed by atoms with Gasteiger partial charge in [-0.2, -0.15) is 0 Å². The summed E-state index contributed by atoms with van der Waals surface area (Å²) in [5.41, 5.74) is 0. The zero-order chi connectivity index (χ0) is 8.39. The second kappa shape index (κ2) is 3.78. The lowest BCUT2D eigenvalue weighted by Crippen LogP contribution is -2.36. The number of likely N-dealkylation sites (tertiary alicyclic amines) is 1. The van der Waals surface area contributed by atoms with Crippen LogP contribution in [0.15, 0.2) is 0 Å². The van der Waals surface area contributed by atoms with Crippen LogP contribution in [-0.2, 0) is 0 Å². The van der Waals surface area contributed by atoms with Gasteiger partial charge in [0.05, 0.1) is 0 Å². The molecule has 2 rings (SSSR count). The van der Waals surface area contributed by atoms with Gasteiger partial charge < -0.3 is 4.90 Å². The summed E-state index contributed by atoms with van der Waals surface area (Å²) >= 11 is 0. The van der Waals surface area contributed by atoms with Crippen LogP contribution in [0.4, 0.5) is 0 Å². The van der Waals surface area contributed by atoms with Crippen molar-refractivity contribution >= 4 is 0 Å². The lowest BCUT2D eigenvalue weighted by molar-refractivity contribution is 0.166. The minimum absolute atomic E-state index is 1.07. The summed E-state index contributed by atoms with van der Waals surface area (Å²) in [5, 5.41) is 0. The van der Waals surface area contributed by atoms with E-state index in [2.05, 4.69) is 11.8 Å². The van der Waals surface area contributed by atoms with Crippen LogP contribution >= 0.6 is 0 Å². The molecule has 12 heavy (non-hydrogen) atoms. The average molecular weight is 167 g/mol. The van der Waals surface area contributed by atoms with Crippen LogP contribution in [0.3, 0.4) is 0 Å². The highest BCUT2D eigenvalue weighted by Gasteiger charge is 2.32. The van der Waals surface area contributed by atoms with Crippen molar-refractivity contribution in [3.8, 4) is 0 Å². The monoisotopic (exact) mass is 167 g/mol. The Bertz CT molecular complexity index is 132. The van der Waals surface area contributed by atoms with Crippen LogP contribution in [0.1, 0.15) is 39.0 Å². The van der Waals surface area contributed by atoms with E-state index in [1.165, 1.54) is 45.3 Å². The minimum atomic E-state index is 1.07. The molecule has 1 aliphatic carbocycles. The SMILES string of the molecule is CCCCN1CC2CCC(C2)C1. The van der Waals surface area contributed by atoms with Crippen molar-refractivity contribution in [1.29, 1.82) is 0 Å². The minimum Gasteiger partial charge on any atom is -0.303 e. The normalized spacial score (nSPS) is 35.8. The largest absolute Gasteiger partial charge is 0.303 e. The summed E-state index contributed by atoms with van der Waals surface area (Å²) in [6.07, 6.45) is 7.34. The topological polar surface area (TPSA) is 3.24 Å². The van der Waals surface area contributed by atoms with Crippen LogP contribution in [0.25, 0.3) is 0 Å². The summed E-state index contributed by atoms with van der Waals surface area (Å²) in [7, 11) is 0. The predicted octanol–water partition coefficient (Wildman–Crippen LogP) is 2.52. The average Bonchev–Trinajstić information content (AvgIpc) is 2.42. The molecule has 0 amide bonds. The number of nitrogens with zero attached hydrogens (tertiary/aromatic N) is 1. The molecule has 1 heteroatoms. The van der Waals surface area contributed by atoms with Crippen LogP contribution < -0.4 is 0 Å². The van der Waals surface area contributed by atoms with Gasteiger partial charge in [-0.1, -0.05) is 13.3 Å². The van der Waals surface area contributed by atoms with Crippen molar-refractivity contribution in [2.75, 3.05) is 19.6 Å². The van der Waals surface area contributed by atoms with Crippen molar-refractivity contribution in [2.24, 2.45) is 11.8 Å². The van der Waals surface area contributed by atoms with E-state index in [-0.39, 0.29) is 0 Å². The van der Waals surface area contributed by atoms with Gasteiger partial charge in [-0.3, -0.25) is 0 Å². The Balaban J connectivity index is 1.78. The Morgan fingerprint density at radius 1 is 1.17 bits per heavy atom. The molecular weight excluding hydrogens is 146 g/mol. The highest BCUT2D eigenvalue weighted by atomic mass is 15.1. The Kier molecular flexibility index (Phi) is 2.69. The van der Waals surface area contributed by atoms with Crippen molar-refractivity contribution in [2.45, 2.75) is 39.0 Å². The number of hydrogen-bond acceptors (Lipinski definition) is 1. The van der Waals surface area contributed by atoms with Gasteiger partial charge in [0.2, 0.25) is 0 Å². The molecule has 0 aromatic heterocycles. The van der Waals surface area contributed by atoms with Crippen molar-refractivity contribution in [3.63, 3.8) is 0 Å². The number of piperidine rings is 1. The van der Waals surface area contributed by atoms with Gasteiger partial charge in [-0.05, 0) is 44.1 Å². The summed E-state index contributed by atoms with van der Waals surface area (Å²) in [5.74, 6) is 2.14. The maximum Gasteiger partial charge on any atom is 0.000988 e. The van der Waals surface area contributed by atoms with Crippen LogP contribution in [0.2, 0.25) is 0 Å². The smallest absolute Gasteiger partial charge is 0.000988 e. The van der Waals surface area contributed by atoms with Crippen molar-refractivity contribution < 1.29 is 0 Å². The third-order valence-electron chi connectivity index (χ3n) is 3.51. The van der Waals surface area contributed by atoms with Gasteiger partial charge in [-0.25, -0.2) is 0 Å². The summed E-state index contributed by atoms with van der Waals surface area (Å²) in [4.78, 5) is 2.70. The van der Waals surface area contributed by atoms with E-state index in [1.54, 1.807) is 6.42 Å². The lowest BCUT2D eigenvalue weighted by atomic mass is 9.99.